The number of esters is 1. The van der Waals surface area contributed by atoms with Crippen LogP contribution in [0.25, 0.3) is 0 Å². The molecular weight excluding hydrogens is 717 g/mol. The molecule has 0 fully saturated rings. The maximum Gasteiger partial charge on any atom is 0.328 e. The van der Waals surface area contributed by atoms with Gasteiger partial charge in [0, 0.05) is 12.8 Å². The van der Waals surface area contributed by atoms with Crippen LogP contribution in [0.4, 0.5) is 0 Å². The van der Waals surface area contributed by atoms with Crippen LogP contribution in [0.15, 0.2) is 24.3 Å². The number of aliphatic hydroxyl groups excluding tert-OH is 1. The molecule has 2 atom stereocenters. The molecule has 0 aromatic carbocycles. The van der Waals surface area contributed by atoms with Crippen LogP contribution in [0.3, 0.4) is 0 Å². The Morgan fingerprint density at radius 2 is 0.895 bits per heavy atom. The number of ether oxygens (including phenoxy) is 1. The van der Waals surface area contributed by atoms with Gasteiger partial charge in [0.2, 0.25) is 11.8 Å². The summed E-state index contributed by atoms with van der Waals surface area (Å²) in [4.78, 5) is 47.7. The molecule has 332 valence electrons. The van der Waals surface area contributed by atoms with Crippen LogP contribution in [-0.4, -0.2) is 59.3 Å². The molecule has 0 heterocycles. The smallest absolute Gasteiger partial charge is 0.328 e. The first-order chi connectivity index (χ1) is 27.8. The molecule has 0 radical (unpaired) electrons. The number of carboxylic acid groups (broad SMARTS) is 1. The van der Waals surface area contributed by atoms with E-state index in [0.717, 1.165) is 77.0 Å². The third-order valence-corrected chi connectivity index (χ3v) is 10.7. The molecule has 57 heavy (non-hydrogen) atoms. The van der Waals surface area contributed by atoms with Crippen molar-refractivity contribution < 1.29 is 34.1 Å². The van der Waals surface area contributed by atoms with Gasteiger partial charge >= 0.3 is 11.9 Å². The van der Waals surface area contributed by atoms with E-state index < -0.39 is 24.5 Å². The number of nitrogens with one attached hydrogen (secondary N) is 2. The van der Waals surface area contributed by atoms with Gasteiger partial charge in [0.1, 0.15) is 12.1 Å². The number of carboxylic acids is 1. The number of hydrogen-bond donors (Lipinski definition) is 4. The van der Waals surface area contributed by atoms with Crippen LogP contribution in [0, 0.1) is 0 Å². The fourth-order valence-electron chi connectivity index (χ4n) is 7.00. The van der Waals surface area contributed by atoms with Crippen molar-refractivity contribution in [1.82, 2.24) is 10.6 Å². The topological polar surface area (TPSA) is 142 Å². The summed E-state index contributed by atoms with van der Waals surface area (Å²) in [5.74, 6) is -2.30. The van der Waals surface area contributed by atoms with Crippen LogP contribution >= 0.6 is 0 Å². The Morgan fingerprint density at radius 3 is 1.33 bits per heavy atom. The zero-order valence-electron chi connectivity index (χ0n) is 36.9. The Morgan fingerprint density at radius 1 is 0.509 bits per heavy atom. The van der Waals surface area contributed by atoms with Crippen molar-refractivity contribution in [1.29, 1.82) is 0 Å². The number of unbranched alkanes of at least 4 members (excludes halogenated alkanes) is 25. The summed E-state index contributed by atoms with van der Waals surface area (Å²) >= 11 is 0. The Labute approximate surface area is 349 Å². The largest absolute Gasteiger partial charge is 0.480 e. The summed E-state index contributed by atoms with van der Waals surface area (Å²) in [7, 11) is 0. The molecule has 0 aromatic heterocycles. The van der Waals surface area contributed by atoms with Gasteiger partial charge in [0.25, 0.3) is 0 Å². The maximum atomic E-state index is 12.8. The van der Waals surface area contributed by atoms with Gasteiger partial charge in [-0.15, -0.1) is 0 Å². The highest BCUT2D eigenvalue weighted by Gasteiger charge is 2.19. The van der Waals surface area contributed by atoms with Crippen LogP contribution in [-0.2, 0) is 23.9 Å². The monoisotopic (exact) mass is 805 g/mol. The fourth-order valence-corrected chi connectivity index (χ4v) is 7.00. The Kier molecular flexibility index (Phi) is 40.9. The van der Waals surface area contributed by atoms with Crippen molar-refractivity contribution in [3.8, 4) is 0 Å². The highest BCUT2D eigenvalue weighted by Crippen LogP contribution is 2.18. The predicted octanol–water partition coefficient (Wildman–Crippen LogP) is 12.0. The maximum absolute atomic E-state index is 12.8. The number of aliphatic carboxylic acids is 1. The number of carbonyl (C=O) groups is 4. The SMILES string of the molecule is CCCCCCC/C=C\CCCCCCCC(=O)OC(CCCCC/C=C\CCCCCCCCCC)CCCCCCCC(=O)NCC(=O)NC(CO)C(=O)O. The van der Waals surface area contributed by atoms with Crippen molar-refractivity contribution in [2.75, 3.05) is 13.2 Å². The average Bonchev–Trinajstić information content (AvgIpc) is 3.20. The summed E-state index contributed by atoms with van der Waals surface area (Å²) in [5, 5.41) is 22.6. The van der Waals surface area contributed by atoms with Crippen LogP contribution in [0.5, 0.6) is 0 Å². The van der Waals surface area contributed by atoms with Gasteiger partial charge in [-0.1, -0.05) is 154 Å². The minimum Gasteiger partial charge on any atom is -0.480 e. The van der Waals surface area contributed by atoms with Gasteiger partial charge in [0.15, 0.2) is 0 Å². The molecule has 0 bridgehead atoms. The average molecular weight is 805 g/mol. The van der Waals surface area contributed by atoms with Crippen molar-refractivity contribution >= 4 is 23.8 Å². The normalized spacial score (nSPS) is 12.6. The molecule has 0 aliphatic carbocycles. The minimum absolute atomic E-state index is 0.0306. The van der Waals surface area contributed by atoms with Gasteiger partial charge in [0.05, 0.1) is 13.2 Å². The Bertz CT molecular complexity index is 1010. The zero-order valence-corrected chi connectivity index (χ0v) is 36.9. The summed E-state index contributed by atoms with van der Waals surface area (Å²) < 4.78 is 6.04. The van der Waals surface area contributed by atoms with Crippen molar-refractivity contribution in [3.05, 3.63) is 24.3 Å². The second-order valence-electron chi connectivity index (χ2n) is 16.2. The number of amides is 2. The summed E-state index contributed by atoms with van der Waals surface area (Å²) in [5.41, 5.74) is 0. The number of hydrogen-bond acceptors (Lipinski definition) is 6. The lowest BCUT2D eigenvalue weighted by atomic mass is 10.0. The van der Waals surface area contributed by atoms with E-state index in [4.69, 9.17) is 14.9 Å². The van der Waals surface area contributed by atoms with E-state index in [1.165, 1.54) is 122 Å². The summed E-state index contributed by atoms with van der Waals surface area (Å²) in [6, 6.07) is -1.38. The zero-order chi connectivity index (χ0) is 41.9. The molecule has 9 heteroatoms. The molecular formula is C48H88N2O7. The van der Waals surface area contributed by atoms with E-state index in [0.29, 0.717) is 19.3 Å². The number of carbonyl (C=O) groups excluding carboxylic acids is 3. The standard InChI is InChI=1S/C48H88N2O7/c1-3-5-7-9-11-13-15-17-19-20-22-24-26-29-33-37-43(57-47(54)40-36-32-27-25-23-21-18-16-14-12-10-8-6-4-2)38-34-30-28-31-35-39-45(52)49-41-46(53)50-44(42-51)48(55)56/h16,18,20,22,43-44,51H,3-15,17,19,21,23-42H2,1-2H3,(H,49,52)(H,50,53)(H,55,56)/b18-16-,22-20-. The number of aliphatic hydroxyl groups is 1. The molecule has 0 spiro atoms. The first-order valence-electron chi connectivity index (χ1n) is 23.7. The van der Waals surface area contributed by atoms with Crippen molar-refractivity contribution in [2.45, 2.75) is 244 Å². The number of allylic oxidation sites excluding steroid dienone is 4. The van der Waals surface area contributed by atoms with Gasteiger partial charge < -0.3 is 25.6 Å². The van der Waals surface area contributed by atoms with Crippen LogP contribution in [0.2, 0.25) is 0 Å². The van der Waals surface area contributed by atoms with E-state index in [1.54, 1.807) is 0 Å². The minimum atomic E-state index is -1.38. The van der Waals surface area contributed by atoms with E-state index in [1.807, 2.05) is 0 Å². The van der Waals surface area contributed by atoms with E-state index >= 15 is 0 Å². The Balaban J connectivity index is 4.36. The fraction of sp³-hybridized carbons (Fsp3) is 0.833. The van der Waals surface area contributed by atoms with Crippen LogP contribution < -0.4 is 10.6 Å². The first-order valence-corrected chi connectivity index (χ1v) is 23.7. The summed E-state index contributed by atoms with van der Waals surface area (Å²) in [6.07, 6.45) is 47.7. The van der Waals surface area contributed by atoms with Gasteiger partial charge in [-0.25, -0.2) is 4.79 Å². The van der Waals surface area contributed by atoms with E-state index in [-0.39, 0.29) is 24.5 Å². The molecule has 0 saturated carbocycles. The number of rotatable bonds is 43. The van der Waals surface area contributed by atoms with Crippen molar-refractivity contribution in [3.63, 3.8) is 0 Å². The molecule has 0 aromatic rings. The van der Waals surface area contributed by atoms with Gasteiger partial charge in [-0.3, -0.25) is 14.4 Å². The van der Waals surface area contributed by atoms with Crippen molar-refractivity contribution in [2.24, 2.45) is 0 Å². The van der Waals surface area contributed by atoms with Gasteiger partial charge in [-0.2, -0.15) is 0 Å². The molecule has 2 unspecified atom stereocenters. The predicted molar refractivity (Wildman–Crippen MR) is 236 cm³/mol. The lowest BCUT2D eigenvalue weighted by Gasteiger charge is -2.18. The Hall–Kier alpha value is -2.68. The third-order valence-electron chi connectivity index (χ3n) is 10.7. The quantitative estimate of drug-likeness (QED) is 0.0273. The molecule has 4 N–H and O–H groups in total. The van der Waals surface area contributed by atoms with E-state index in [2.05, 4.69) is 48.8 Å². The molecule has 0 rings (SSSR count). The van der Waals surface area contributed by atoms with E-state index in [9.17, 15) is 19.2 Å². The molecule has 9 nitrogen and oxygen atoms in total. The summed E-state index contributed by atoms with van der Waals surface area (Å²) in [6.45, 7) is 3.49. The third kappa shape index (κ3) is 39.9. The lowest BCUT2D eigenvalue weighted by Crippen LogP contribution is -2.47. The second-order valence-corrected chi connectivity index (χ2v) is 16.2. The second kappa shape index (κ2) is 42.9. The molecule has 0 aliphatic rings. The molecule has 2 amide bonds. The highest BCUT2D eigenvalue weighted by atomic mass is 16.5. The lowest BCUT2D eigenvalue weighted by molar-refractivity contribution is -0.150. The highest BCUT2D eigenvalue weighted by molar-refractivity contribution is 5.87. The molecule has 0 aliphatic heterocycles. The van der Waals surface area contributed by atoms with Crippen LogP contribution in [0.1, 0.15) is 232 Å². The van der Waals surface area contributed by atoms with Gasteiger partial charge in [-0.05, 0) is 89.9 Å². The molecule has 0 saturated heterocycles. The first kappa shape index (κ1) is 54.3.